The van der Waals surface area contributed by atoms with Gasteiger partial charge in [-0.25, -0.2) is 25.2 Å². The average molecular weight is 453 g/mol. The zero-order valence-electron chi connectivity index (χ0n) is 17.4. The molecule has 0 saturated heterocycles. The molecule has 0 bridgehead atoms. The monoisotopic (exact) mass is 452 g/mol. The van der Waals surface area contributed by atoms with Crippen molar-refractivity contribution in [1.29, 1.82) is 0 Å². The number of nitrogens with one attached hydrogen (secondary N) is 1. The number of halogens is 1. The van der Waals surface area contributed by atoms with Crippen LogP contribution < -0.4 is 9.62 Å². The lowest BCUT2D eigenvalue weighted by atomic mass is 10.1. The van der Waals surface area contributed by atoms with Gasteiger partial charge in [0.25, 0.3) is 10.0 Å². The van der Waals surface area contributed by atoms with Crippen molar-refractivity contribution in [2.45, 2.75) is 11.4 Å². The first-order valence-corrected chi connectivity index (χ1v) is 12.1. The van der Waals surface area contributed by atoms with E-state index in [4.69, 9.17) is 1.37 Å². The Morgan fingerprint density at radius 2 is 1.83 bits per heavy atom. The number of anilines is 1. The van der Waals surface area contributed by atoms with Crippen molar-refractivity contribution in [2.24, 2.45) is 0 Å². The molecule has 0 aliphatic carbocycles. The third-order valence-corrected chi connectivity index (χ3v) is 7.12. The zero-order chi connectivity index (χ0) is 22.8. The molecule has 0 saturated carbocycles. The molecule has 0 amide bonds. The maximum Gasteiger partial charge on any atom is 0.268 e. The van der Waals surface area contributed by atoms with Gasteiger partial charge in [0, 0.05) is 26.7 Å². The van der Waals surface area contributed by atoms with Gasteiger partial charge in [-0.2, -0.15) is 0 Å². The molecule has 1 N–H and O–H groups in total. The molecule has 160 valence electrons. The van der Waals surface area contributed by atoms with Gasteiger partial charge < -0.3 is 5.32 Å². The van der Waals surface area contributed by atoms with Crippen LogP contribution in [0.3, 0.4) is 0 Å². The van der Waals surface area contributed by atoms with Crippen molar-refractivity contribution >= 4 is 25.7 Å². The van der Waals surface area contributed by atoms with Gasteiger partial charge in [-0.15, -0.1) is 0 Å². The molecule has 0 spiro atoms. The molecule has 7 nitrogen and oxygen atoms in total. The van der Waals surface area contributed by atoms with E-state index in [0.717, 1.165) is 14.5 Å². The molecule has 0 unspecified atom stereocenters. The number of hydrogen-bond acceptors (Lipinski definition) is 5. The fourth-order valence-electron chi connectivity index (χ4n) is 2.97. The fraction of sp³-hybridized carbons (Fsp3) is 0.200. The Kier molecular flexibility index (Phi) is 5.63. The van der Waals surface area contributed by atoms with Crippen molar-refractivity contribution in [3.8, 4) is 11.3 Å². The number of hydrogen-bond donors (Lipinski definition) is 1. The van der Waals surface area contributed by atoms with E-state index >= 15 is 0 Å². The number of benzene rings is 2. The van der Waals surface area contributed by atoms with Gasteiger partial charge in [0.15, 0.2) is 0 Å². The standard InChI is InChI=1S/C20H22FN3O4S2/c1-22-13-15-11-20(18-9-4-5-10-19(18)21)24(14-15)30(27,28)17-8-6-7-16(12-17)23(2)29(3,25)26/h4-12,14,22H,13H2,1-3H3/i2D. The van der Waals surface area contributed by atoms with Crippen LogP contribution in [-0.2, 0) is 26.6 Å². The van der Waals surface area contributed by atoms with Crippen LogP contribution in [0.2, 0.25) is 0 Å². The second-order valence-corrected chi connectivity index (χ2v) is 10.4. The Balaban J connectivity index is 2.19. The van der Waals surface area contributed by atoms with E-state index in [1.807, 2.05) is 0 Å². The fourth-order valence-corrected chi connectivity index (χ4v) is 4.89. The third-order valence-electron chi connectivity index (χ3n) is 4.44. The van der Waals surface area contributed by atoms with Crippen LogP contribution in [0.15, 0.2) is 65.7 Å². The lowest BCUT2D eigenvalue weighted by molar-refractivity contribution is 0.586. The predicted octanol–water partition coefficient (Wildman–Crippen LogP) is 2.65. The molecule has 0 aliphatic heterocycles. The van der Waals surface area contributed by atoms with Crippen LogP contribution in [-0.4, -0.2) is 41.1 Å². The smallest absolute Gasteiger partial charge is 0.268 e. The number of aromatic nitrogens is 1. The van der Waals surface area contributed by atoms with Crippen molar-refractivity contribution < 1.29 is 22.6 Å². The maximum absolute atomic E-state index is 14.5. The summed E-state index contributed by atoms with van der Waals surface area (Å²) >= 11 is 0. The summed E-state index contributed by atoms with van der Waals surface area (Å²) in [5.41, 5.74) is 0.945. The summed E-state index contributed by atoms with van der Waals surface area (Å²) in [7, 11) is -6.86. The van der Waals surface area contributed by atoms with Gasteiger partial charge in [-0.1, -0.05) is 18.2 Å². The lowest BCUT2D eigenvalue weighted by Crippen LogP contribution is -2.25. The molecule has 1 aromatic heterocycles. The van der Waals surface area contributed by atoms with Gasteiger partial charge in [-0.3, -0.25) is 4.31 Å². The molecule has 0 atom stereocenters. The first-order chi connectivity index (χ1) is 14.6. The quantitative estimate of drug-likeness (QED) is 0.595. The summed E-state index contributed by atoms with van der Waals surface area (Å²) in [5, 5.41) is 2.93. The van der Waals surface area contributed by atoms with Crippen LogP contribution in [0, 0.1) is 5.82 Å². The number of sulfonamides is 1. The Morgan fingerprint density at radius 1 is 1.10 bits per heavy atom. The van der Waals surface area contributed by atoms with Crippen molar-refractivity contribution in [3.63, 3.8) is 0 Å². The third kappa shape index (κ3) is 4.25. The minimum atomic E-state index is -4.20. The van der Waals surface area contributed by atoms with Gasteiger partial charge in [0.1, 0.15) is 5.82 Å². The van der Waals surface area contributed by atoms with E-state index in [0.29, 0.717) is 12.1 Å². The van der Waals surface area contributed by atoms with Gasteiger partial charge >= 0.3 is 0 Å². The molecule has 0 aliphatic rings. The summed E-state index contributed by atoms with van der Waals surface area (Å²) in [6, 6.07) is 12.8. The number of nitrogens with zero attached hydrogens (tertiary/aromatic N) is 2. The summed E-state index contributed by atoms with van der Waals surface area (Å²) < 4.78 is 74.6. The molecule has 30 heavy (non-hydrogen) atoms. The highest BCUT2D eigenvalue weighted by molar-refractivity contribution is 7.92. The second kappa shape index (κ2) is 8.21. The van der Waals surface area contributed by atoms with Crippen LogP contribution in [0.5, 0.6) is 0 Å². The molecule has 0 fully saturated rings. The van der Waals surface area contributed by atoms with Crippen molar-refractivity contribution in [3.05, 3.63) is 72.2 Å². The molecule has 3 aromatic rings. The topological polar surface area (TPSA) is 88.5 Å². The maximum atomic E-state index is 14.5. The van der Waals surface area contributed by atoms with Gasteiger partial charge in [-0.05, 0) is 49.0 Å². The number of rotatable bonds is 7. The summed E-state index contributed by atoms with van der Waals surface area (Å²) in [6.07, 6.45) is 2.34. The summed E-state index contributed by atoms with van der Waals surface area (Å²) in [4.78, 5) is -0.184. The minimum absolute atomic E-state index is 0.0496. The van der Waals surface area contributed by atoms with E-state index in [-0.39, 0.29) is 21.8 Å². The van der Waals surface area contributed by atoms with Gasteiger partial charge in [0.2, 0.25) is 10.0 Å². The SMILES string of the molecule is [2H]CN(c1cccc(S(=O)(=O)n2cc(CNC)cc2-c2ccccc2F)c1)S(C)(=O)=O. The molecule has 0 radical (unpaired) electrons. The van der Waals surface area contributed by atoms with Crippen LogP contribution in [0.4, 0.5) is 10.1 Å². The van der Waals surface area contributed by atoms with E-state index < -0.39 is 32.9 Å². The minimum Gasteiger partial charge on any atom is -0.316 e. The summed E-state index contributed by atoms with van der Waals surface area (Å²) in [5.74, 6) is -0.570. The summed E-state index contributed by atoms with van der Waals surface area (Å²) in [6.45, 7) is 0.366. The van der Waals surface area contributed by atoms with Crippen LogP contribution in [0.25, 0.3) is 11.3 Å². The Hall–Kier alpha value is -2.69. The molecule has 1 heterocycles. The highest BCUT2D eigenvalue weighted by atomic mass is 32.2. The van der Waals surface area contributed by atoms with Crippen molar-refractivity contribution in [1.82, 2.24) is 9.29 Å². The van der Waals surface area contributed by atoms with Gasteiger partial charge in [0.05, 0.1) is 22.5 Å². The molecular formula is C20H22FN3O4S2. The van der Waals surface area contributed by atoms with E-state index in [2.05, 4.69) is 5.32 Å². The Bertz CT molecular complexity index is 1310. The van der Waals surface area contributed by atoms with Crippen molar-refractivity contribution in [2.75, 3.05) is 24.6 Å². The average Bonchev–Trinajstić information content (AvgIpc) is 3.13. The molecule has 2 aromatic carbocycles. The van der Waals surface area contributed by atoms with E-state index in [1.165, 1.54) is 48.7 Å². The van der Waals surface area contributed by atoms with Crippen LogP contribution in [0.1, 0.15) is 6.93 Å². The second-order valence-electron chi connectivity index (χ2n) is 6.65. The molecule has 3 rings (SSSR count). The molecule has 10 heteroatoms. The molecular weight excluding hydrogens is 429 g/mol. The zero-order valence-corrected chi connectivity index (χ0v) is 18.0. The predicted molar refractivity (Wildman–Crippen MR) is 115 cm³/mol. The highest BCUT2D eigenvalue weighted by Gasteiger charge is 2.24. The Labute approximate surface area is 177 Å². The first-order valence-electron chi connectivity index (χ1n) is 9.53. The highest BCUT2D eigenvalue weighted by Crippen LogP contribution is 2.30. The lowest BCUT2D eigenvalue weighted by Gasteiger charge is -2.18. The van der Waals surface area contributed by atoms with Crippen LogP contribution >= 0.6 is 0 Å². The van der Waals surface area contributed by atoms with E-state index in [9.17, 15) is 21.2 Å². The van der Waals surface area contributed by atoms with E-state index in [1.54, 1.807) is 19.2 Å². The first kappa shape index (κ1) is 20.6. The Morgan fingerprint density at radius 3 is 2.47 bits per heavy atom. The largest absolute Gasteiger partial charge is 0.316 e. The normalized spacial score (nSPS) is 12.6.